The molecule has 2 aromatic heterocycles. The van der Waals surface area contributed by atoms with Crippen molar-refractivity contribution in [2.75, 3.05) is 14.1 Å². The monoisotopic (exact) mass is 352 g/mol. The fourth-order valence-electron chi connectivity index (χ4n) is 3.14. The van der Waals surface area contributed by atoms with Crippen LogP contribution in [-0.4, -0.2) is 39.7 Å². The molecule has 0 aromatic carbocycles. The van der Waals surface area contributed by atoms with Crippen molar-refractivity contribution in [1.29, 1.82) is 0 Å². The summed E-state index contributed by atoms with van der Waals surface area (Å²) in [5, 5.41) is 3.82. The van der Waals surface area contributed by atoms with Gasteiger partial charge in [0.25, 0.3) is 5.91 Å². The summed E-state index contributed by atoms with van der Waals surface area (Å²) in [6.45, 7) is 0.118. The molecule has 0 aliphatic heterocycles. The van der Waals surface area contributed by atoms with E-state index in [9.17, 15) is 18.0 Å². The largest absolute Gasteiger partial charge is 0.435 e. The Hall–Kier alpha value is -2.38. The Kier molecular flexibility index (Phi) is 4.53. The van der Waals surface area contributed by atoms with E-state index in [0.717, 1.165) is 12.8 Å². The second-order valence-electron chi connectivity index (χ2n) is 6.37. The van der Waals surface area contributed by atoms with Gasteiger partial charge < -0.3 is 4.90 Å². The number of carbonyl (C=O) groups is 1. The average Bonchev–Trinajstić information content (AvgIpc) is 2.93. The molecule has 0 unspecified atom stereocenters. The van der Waals surface area contributed by atoms with E-state index >= 15 is 0 Å². The molecule has 0 saturated heterocycles. The molecule has 8 heteroatoms. The van der Waals surface area contributed by atoms with Gasteiger partial charge in [0.05, 0.1) is 12.2 Å². The first-order chi connectivity index (χ1) is 11.8. The van der Waals surface area contributed by atoms with E-state index in [4.69, 9.17) is 0 Å². The van der Waals surface area contributed by atoms with Crippen molar-refractivity contribution in [3.8, 4) is 0 Å². The van der Waals surface area contributed by atoms with Crippen LogP contribution in [-0.2, 0) is 25.6 Å². The summed E-state index contributed by atoms with van der Waals surface area (Å²) in [5.41, 5.74) is 1.11. The number of carbonyl (C=O) groups excluding carboxylic acids is 1. The van der Waals surface area contributed by atoms with Crippen LogP contribution in [0.25, 0.3) is 0 Å². The molecule has 0 atom stereocenters. The quantitative estimate of drug-likeness (QED) is 0.853. The maximum atomic E-state index is 13.2. The van der Waals surface area contributed by atoms with Crippen LogP contribution in [0.5, 0.6) is 0 Å². The summed E-state index contributed by atoms with van der Waals surface area (Å²) in [4.78, 5) is 17.7. The molecular formula is C17H19F3N4O. The number of pyridine rings is 1. The smallest absolute Gasteiger partial charge is 0.345 e. The zero-order valence-corrected chi connectivity index (χ0v) is 14.1. The van der Waals surface area contributed by atoms with E-state index in [1.54, 1.807) is 26.2 Å². The normalized spacial score (nSPS) is 14.3. The molecule has 0 fully saturated rings. The van der Waals surface area contributed by atoms with Gasteiger partial charge in [0.15, 0.2) is 5.69 Å². The van der Waals surface area contributed by atoms with E-state index in [1.165, 1.54) is 15.8 Å². The lowest BCUT2D eigenvalue weighted by Crippen LogP contribution is -2.22. The minimum absolute atomic E-state index is 0.118. The van der Waals surface area contributed by atoms with Gasteiger partial charge in [-0.2, -0.15) is 18.3 Å². The highest BCUT2D eigenvalue weighted by atomic mass is 19.4. The molecule has 1 aliphatic carbocycles. The second-order valence-corrected chi connectivity index (χ2v) is 6.37. The number of nitrogens with zero attached hydrogens (tertiary/aromatic N) is 4. The molecule has 2 heterocycles. The zero-order valence-electron chi connectivity index (χ0n) is 14.1. The van der Waals surface area contributed by atoms with Crippen molar-refractivity contribution in [2.45, 2.75) is 38.4 Å². The Bertz CT molecular complexity index is 796. The molecule has 3 rings (SSSR count). The van der Waals surface area contributed by atoms with Gasteiger partial charge in [0.1, 0.15) is 0 Å². The summed E-state index contributed by atoms with van der Waals surface area (Å²) in [6.07, 6.45) is -0.392. The number of aromatic nitrogens is 3. The Balaban J connectivity index is 1.95. The first-order valence-electron chi connectivity index (χ1n) is 8.09. The zero-order chi connectivity index (χ0) is 18.2. The Morgan fingerprint density at radius 1 is 1.28 bits per heavy atom. The summed E-state index contributed by atoms with van der Waals surface area (Å²) in [5.74, 6) is -0.179. The molecule has 2 aromatic rings. The molecule has 134 valence electrons. The summed E-state index contributed by atoms with van der Waals surface area (Å²) in [7, 11) is 3.28. The lowest BCUT2D eigenvalue weighted by atomic mass is 9.95. The van der Waals surface area contributed by atoms with E-state index in [-0.39, 0.29) is 12.5 Å². The fourth-order valence-corrected chi connectivity index (χ4v) is 3.14. The Labute approximate surface area is 143 Å². The first-order valence-corrected chi connectivity index (χ1v) is 8.09. The third-order valence-electron chi connectivity index (χ3n) is 4.31. The van der Waals surface area contributed by atoms with Crippen molar-refractivity contribution in [2.24, 2.45) is 0 Å². The first kappa shape index (κ1) is 17.4. The topological polar surface area (TPSA) is 51.0 Å². The van der Waals surface area contributed by atoms with E-state index < -0.39 is 11.9 Å². The number of hydrogen-bond donors (Lipinski definition) is 0. The van der Waals surface area contributed by atoms with Crippen LogP contribution in [0.3, 0.4) is 0 Å². The van der Waals surface area contributed by atoms with E-state index in [1.807, 2.05) is 0 Å². The highest BCUT2D eigenvalue weighted by Crippen LogP contribution is 2.35. The van der Waals surface area contributed by atoms with Crippen molar-refractivity contribution in [3.63, 3.8) is 0 Å². The van der Waals surface area contributed by atoms with Crippen LogP contribution in [0, 0.1) is 0 Å². The van der Waals surface area contributed by atoms with Crippen LogP contribution in [0.1, 0.15) is 45.8 Å². The molecule has 5 nitrogen and oxygen atoms in total. The van der Waals surface area contributed by atoms with Crippen molar-refractivity contribution < 1.29 is 18.0 Å². The fraction of sp³-hybridized carbons (Fsp3) is 0.471. The highest BCUT2D eigenvalue weighted by molar-refractivity contribution is 5.93. The molecule has 1 amide bonds. The SMILES string of the molecule is CN(C)C(=O)c1ccnc(Cn2nc(C(F)(F)F)c3c2CCCC3)c1. The average molecular weight is 352 g/mol. The number of rotatable bonds is 3. The molecule has 0 bridgehead atoms. The second kappa shape index (κ2) is 6.50. The van der Waals surface area contributed by atoms with Gasteiger partial charge in [-0.1, -0.05) is 0 Å². The van der Waals surface area contributed by atoms with Gasteiger partial charge in [-0.3, -0.25) is 14.5 Å². The van der Waals surface area contributed by atoms with Gasteiger partial charge in [-0.05, 0) is 37.8 Å². The standard InChI is InChI=1S/C17H19F3N4O/c1-23(2)16(25)11-7-8-21-12(9-11)10-24-14-6-4-3-5-13(14)15(22-24)17(18,19)20/h7-9H,3-6,10H2,1-2H3. The van der Waals surface area contributed by atoms with Gasteiger partial charge in [0.2, 0.25) is 0 Å². The highest BCUT2D eigenvalue weighted by Gasteiger charge is 2.39. The summed E-state index contributed by atoms with van der Waals surface area (Å²) < 4.78 is 41.1. The number of alkyl halides is 3. The predicted octanol–water partition coefficient (Wildman–Crippen LogP) is 2.93. The molecule has 0 saturated carbocycles. The van der Waals surface area contributed by atoms with Crippen molar-refractivity contribution >= 4 is 5.91 Å². The Morgan fingerprint density at radius 2 is 2.00 bits per heavy atom. The number of amides is 1. The minimum atomic E-state index is -4.46. The van der Waals surface area contributed by atoms with Gasteiger partial charge in [-0.15, -0.1) is 0 Å². The molecule has 0 radical (unpaired) electrons. The van der Waals surface area contributed by atoms with Crippen molar-refractivity contribution in [1.82, 2.24) is 19.7 Å². The van der Waals surface area contributed by atoms with Crippen LogP contribution < -0.4 is 0 Å². The molecule has 1 aliphatic rings. The maximum Gasteiger partial charge on any atom is 0.435 e. The number of halogens is 3. The molecule has 0 spiro atoms. The number of hydrogen-bond acceptors (Lipinski definition) is 3. The lowest BCUT2D eigenvalue weighted by Gasteiger charge is -2.15. The Morgan fingerprint density at radius 3 is 2.68 bits per heavy atom. The summed E-state index contributed by atoms with van der Waals surface area (Å²) in [6, 6.07) is 3.19. The molecular weight excluding hydrogens is 333 g/mol. The minimum Gasteiger partial charge on any atom is -0.345 e. The van der Waals surface area contributed by atoms with Gasteiger partial charge >= 0.3 is 6.18 Å². The van der Waals surface area contributed by atoms with Crippen LogP contribution in [0.2, 0.25) is 0 Å². The third-order valence-corrected chi connectivity index (χ3v) is 4.31. The molecule has 0 N–H and O–H groups in total. The van der Waals surface area contributed by atoms with E-state index in [2.05, 4.69) is 10.1 Å². The predicted molar refractivity (Wildman–Crippen MR) is 85.2 cm³/mol. The number of fused-ring (bicyclic) bond motifs is 1. The molecule has 25 heavy (non-hydrogen) atoms. The van der Waals surface area contributed by atoms with Crippen LogP contribution in [0.15, 0.2) is 18.3 Å². The van der Waals surface area contributed by atoms with Gasteiger partial charge in [0, 0.05) is 37.1 Å². The summed E-state index contributed by atoms with van der Waals surface area (Å²) >= 11 is 0. The van der Waals surface area contributed by atoms with Crippen molar-refractivity contribution in [3.05, 3.63) is 46.5 Å². The van der Waals surface area contributed by atoms with Crippen LogP contribution in [0.4, 0.5) is 13.2 Å². The van der Waals surface area contributed by atoms with Crippen LogP contribution >= 0.6 is 0 Å². The van der Waals surface area contributed by atoms with Gasteiger partial charge in [-0.25, -0.2) is 0 Å². The maximum absolute atomic E-state index is 13.2. The third kappa shape index (κ3) is 3.52. The van der Waals surface area contributed by atoms with E-state index in [0.29, 0.717) is 35.4 Å². The lowest BCUT2D eigenvalue weighted by molar-refractivity contribution is -0.142.